The van der Waals surface area contributed by atoms with Crippen LogP contribution in [0.25, 0.3) is 0 Å². The molecule has 1 N–H and O–H groups in total. The lowest BCUT2D eigenvalue weighted by Gasteiger charge is -2.10. The monoisotopic (exact) mass is 291 g/mol. The van der Waals surface area contributed by atoms with Gasteiger partial charge in [-0.05, 0) is 13.3 Å². The van der Waals surface area contributed by atoms with Crippen LogP contribution in [0.2, 0.25) is 0 Å². The molecule has 1 unspecified atom stereocenters. The third-order valence-corrected chi connectivity index (χ3v) is 2.58. The Morgan fingerprint density at radius 3 is 2.22 bits per heavy atom. The van der Waals surface area contributed by atoms with Crippen molar-refractivity contribution < 1.29 is 30.2 Å². The minimum Gasteiger partial charge on any atom is -0.418 e. The Labute approximate surface area is 102 Å². The third-order valence-electron chi connectivity index (χ3n) is 1.83. The largest absolute Gasteiger partial charge is 0.673 e. The highest BCUT2D eigenvalue weighted by atomic mass is 32.2. The second kappa shape index (κ2) is 6.73. The van der Waals surface area contributed by atoms with Crippen molar-refractivity contribution in [2.24, 2.45) is 0 Å². The summed E-state index contributed by atoms with van der Waals surface area (Å²) in [4.78, 5) is 3.84. The van der Waals surface area contributed by atoms with Gasteiger partial charge in [0, 0.05) is 18.4 Å². The Kier molecular flexibility index (Phi) is 6.33. The molecule has 1 rings (SSSR count). The molecular weight excluding hydrogens is 279 g/mol. The van der Waals surface area contributed by atoms with E-state index in [2.05, 4.69) is 4.98 Å². The molecule has 1 heterocycles. The zero-order valence-corrected chi connectivity index (χ0v) is 10.2. The second-order valence-corrected chi connectivity index (χ2v) is 5.00. The highest BCUT2D eigenvalue weighted by molar-refractivity contribution is 7.85. The summed E-state index contributed by atoms with van der Waals surface area (Å²) < 4.78 is 70.2. The number of aromatic nitrogens is 2. The molecule has 0 saturated heterocycles. The Balaban J connectivity index is 0.000000494. The molecule has 0 aliphatic heterocycles. The first-order valence-corrected chi connectivity index (χ1v) is 6.40. The summed E-state index contributed by atoms with van der Waals surface area (Å²) in [5.41, 5.74) is 0. The van der Waals surface area contributed by atoms with Gasteiger partial charge in [0.1, 0.15) is 0 Å². The zero-order chi connectivity index (χ0) is 14.4. The number of nitrogens with zero attached hydrogens (tertiary/aromatic N) is 2. The minimum absolute atomic E-state index is 0.0319. The fourth-order valence-electron chi connectivity index (χ4n) is 0.999. The van der Waals surface area contributed by atoms with E-state index >= 15 is 0 Å². The van der Waals surface area contributed by atoms with E-state index in [0.29, 0.717) is 6.42 Å². The van der Waals surface area contributed by atoms with Gasteiger partial charge in [0.2, 0.25) is 0 Å². The van der Waals surface area contributed by atoms with Crippen molar-refractivity contribution in [3.8, 4) is 0 Å². The summed E-state index contributed by atoms with van der Waals surface area (Å²) in [6.07, 6.45) is 5.39. The number of rotatable bonds is 4. The first-order valence-electron chi connectivity index (χ1n) is 4.79. The van der Waals surface area contributed by atoms with Gasteiger partial charge < -0.3 is 21.8 Å². The fraction of sp³-hybridized carbons (Fsp3) is 0.571. The van der Waals surface area contributed by atoms with Crippen LogP contribution in [-0.2, 0) is 10.1 Å². The molecule has 0 saturated carbocycles. The lowest BCUT2D eigenvalue weighted by Crippen LogP contribution is -2.10. The normalized spacial score (nSPS) is 13.7. The van der Waals surface area contributed by atoms with Gasteiger partial charge in [-0.1, -0.05) is 0 Å². The van der Waals surface area contributed by atoms with Crippen LogP contribution in [0.4, 0.5) is 17.3 Å². The van der Waals surface area contributed by atoms with E-state index in [1.165, 1.54) is 0 Å². The quantitative estimate of drug-likeness (QED) is 0.523. The first kappa shape index (κ1) is 16.9. The molecule has 0 fully saturated rings. The molecule has 0 radical (unpaired) electrons. The van der Waals surface area contributed by atoms with Crippen LogP contribution in [0.1, 0.15) is 19.4 Å². The van der Waals surface area contributed by atoms with Gasteiger partial charge in [0.15, 0.2) is 0 Å². The number of imidazole rings is 1. The molecule has 1 aromatic rings. The third kappa shape index (κ3) is 11.4. The molecule has 106 valence electrons. The molecule has 0 spiro atoms. The van der Waals surface area contributed by atoms with E-state index in [-0.39, 0.29) is 11.8 Å². The Morgan fingerprint density at radius 1 is 1.39 bits per heavy atom. The maximum Gasteiger partial charge on any atom is 0.673 e. The van der Waals surface area contributed by atoms with E-state index in [9.17, 15) is 25.7 Å². The molecule has 0 aromatic carbocycles. The van der Waals surface area contributed by atoms with Gasteiger partial charge >= 0.3 is 7.25 Å². The van der Waals surface area contributed by atoms with Crippen LogP contribution in [0.3, 0.4) is 0 Å². The van der Waals surface area contributed by atoms with Crippen LogP contribution in [0.15, 0.2) is 18.7 Å². The van der Waals surface area contributed by atoms with Crippen molar-refractivity contribution in [1.82, 2.24) is 9.55 Å². The van der Waals surface area contributed by atoms with Gasteiger partial charge in [-0.3, -0.25) is 4.55 Å². The van der Waals surface area contributed by atoms with Crippen LogP contribution in [0.5, 0.6) is 0 Å². The SMILES string of the molecule is CC(CCS(=O)(=O)O)n1ccnc1.F[B-](F)(F)F. The van der Waals surface area contributed by atoms with Gasteiger partial charge in [-0.25, -0.2) is 4.98 Å². The maximum absolute atomic E-state index is 10.4. The maximum atomic E-state index is 10.4. The summed E-state index contributed by atoms with van der Waals surface area (Å²) in [6, 6.07) is 0.0319. The van der Waals surface area contributed by atoms with E-state index in [1.54, 1.807) is 23.3 Å². The number of hydrogen-bond acceptors (Lipinski definition) is 3. The van der Waals surface area contributed by atoms with E-state index in [1.807, 2.05) is 6.92 Å². The predicted molar refractivity (Wildman–Crippen MR) is 58.2 cm³/mol. The van der Waals surface area contributed by atoms with Crippen molar-refractivity contribution >= 4 is 17.4 Å². The first-order chi connectivity index (χ1) is 7.99. The van der Waals surface area contributed by atoms with E-state index in [4.69, 9.17) is 4.55 Å². The van der Waals surface area contributed by atoms with Gasteiger partial charge in [0.05, 0.1) is 12.1 Å². The summed E-state index contributed by atoms with van der Waals surface area (Å²) in [5, 5.41) is 0. The average molecular weight is 291 g/mol. The predicted octanol–water partition coefficient (Wildman–Crippen LogP) is 2.02. The molecule has 0 bridgehead atoms. The van der Waals surface area contributed by atoms with Crippen LogP contribution in [0, 0.1) is 0 Å². The molecule has 18 heavy (non-hydrogen) atoms. The Hall–Kier alpha value is -1.10. The highest BCUT2D eigenvalue weighted by Gasteiger charge is 2.20. The van der Waals surface area contributed by atoms with Crippen LogP contribution in [-0.4, -0.2) is 35.5 Å². The molecule has 0 amide bonds. The molecule has 1 atom stereocenters. The molecule has 0 aliphatic carbocycles. The number of hydrogen-bond donors (Lipinski definition) is 1. The molecule has 0 aliphatic rings. The summed E-state index contributed by atoms with van der Waals surface area (Å²) in [7, 11) is -9.84. The zero-order valence-electron chi connectivity index (χ0n) is 9.38. The fourth-order valence-corrected chi connectivity index (χ4v) is 1.64. The Bertz CT molecular complexity index is 428. The van der Waals surface area contributed by atoms with Crippen molar-refractivity contribution in [2.45, 2.75) is 19.4 Å². The van der Waals surface area contributed by atoms with Crippen molar-refractivity contribution in [3.05, 3.63) is 18.7 Å². The summed E-state index contributed by atoms with van der Waals surface area (Å²) in [5.74, 6) is -0.216. The Morgan fingerprint density at radius 2 is 1.89 bits per heavy atom. The molecular formula is C7H12BF4N2O3S-. The molecule has 1 aromatic heterocycles. The van der Waals surface area contributed by atoms with E-state index < -0.39 is 17.4 Å². The van der Waals surface area contributed by atoms with Crippen LogP contribution >= 0.6 is 0 Å². The molecule has 11 heteroatoms. The smallest absolute Gasteiger partial charge is 0.418 e. The van der Waals surface area contributed by atoms with Crippen molar-refractivity contribution in [3.63, 3.8) is 0 Å². The van der Waals surface area contributed by atoms with Gasteiger partial charge in [-0.15, -0.1) is 0 Å². The highest BCUT2D eigenvalue weighted by Crippen LogP contribution is 2.10. The average Bonchev–Trinajstić information content (AvgIpc) is 2.62. The second-order valence-electron chi connectivity index (χ2n) is 3.43. The van der Waals surface area contributed by atoms with Crippen LogP contribution < -0.4 is 0 Å². The van der Waals surface area contributed by atoms with Crippen molar-refractivity contribution in [2.75, 3.05) is 5.75 Å². The lowest BCUT2D eigenvalue weighted by atomic mass is 10.2. The standard InChI is InChI=1S/C7H12N2O3S.BF4/c1-7(2-5-13(10,11)12)9-4-3-8-6-9;2-1(3,4)5/h3-4,6-7H,2,5H2,1H3,(H,10,11,12);/q;-1. The van der Waals surface area contributed by atoms with Crippen molar-refractivity contribution in [1.29, 1.82) is 0 Å². The topological polar surface area (TPSA) is 72.2 Å². The van der Waals surface area contributed by atoms with Gasteiger partial charge in [-0.2, -0.15) is 8.42 Å². The summed E-state index contributed by atoms with van der Waals surface area (Å²) >= 11 is 0. The minimum atomic E-state index is -6.00. The number of halogens is 4. The molecule has 5 nitrogen and oxygen atoms in total. The van der Waals surface area contributed by atoms with Gasteiger partial charge in [0.25, 0.3) is 10.1 Å². The van der Waals surface area contributed by atoms with E-state index in [0.717, 1.165) is 0 Å². The lowest BCUT2D eigenvalue weighted by molar-refractivity contribution is 0.368. The summed E-state index contributed by atoms with van der Waals surface area (Å²) in [6.45, 7) is 1.87.